The Labute approximate surface area is 110 Å². The van der Waals surface area contributed by atoms with Crippen LogP contribution in [0.5, 0.6) is 0 Å². The molecule has 0 aliphatic rings. The summed E-state index contributed by atoms with van der Waals surface area (Å²) in [6, 6.07) is 3.96. The second-order valence-electron chi connectivity index (χ2n) is 5.32. The Morgan fingerprint density at radius 3 is 1.59 bits per heavy atom. The summed E-state index contributed by atoms with van der Waals surface area (Å²) in [6.07, 6.45) is 11.4. The first-order valence-electron chi connectivity index (χ1n) is 7.79. The molecule has 0 atom stereocenters. The van der Waals surface area contributed by atoms with E-state index in [1.165, 1.54) is 69.5 Å². The molecule has 1 nitrogen and oxygen atoms in total. The van der Waals surface area contributed by atoms with Gasteiger partial charge in [-0.1, -0.05) is 72.1 Å². The fraction of sp³-hybridized carbons (Fsp3) is 1.00. The Morgan fingerprint density at radius 2 is 1.18 bits per heavy atom. The van der Waals surface area contributed by atoms with Crippen LogP contribution in [0.2, 0.25) is 18.1 Å². The zero-order chi connectivity index (χ0) is 13.0. The molecular formula is C15H34OSi. The van der Waals surface area contributed by atoms with Crippen molar-refractivity contribution in [3.63, 3.8) is 0 Å². The van der Waals surface area contributed by atoms with E-state index in [4.69, 9.17) is 4.43 Å². The molecule has 0 aliphatic carbocycles. The van der Waals surface area contributed by atoms with Crippen LogP contribution in [0.4, 0.5) is 0 Å². The molecule has 0 N–H and O–H groups in total. The summed E-state index contributed by atoms with van der Waals surface area (Å²) in [5, 5.41) is 0. The molecule has 2 heteroatoms. The van der Waals surface area contributed by atoms with Crippen molar-refractivity contribution < 1.29 is 4.43 Å². The third-order valence-electron chi connectivity index (χ3n) is 4.21. The highest BCUT2D eigenvalue weighted by Gasteiger charge is 2.28. The van der Waals surface area contributed by atoms with Crippen molar-refractivity contribution in [3.05, 3.63) is 0 Å². The molecule has 0 spiro atoms. The van der Waals surface area contributed by atoms with Gasteiger partial charge in [0.25, 0.3) is 0 Å². The van der Waals surface area contributed by atoms with Crippen LogP contribution in [0.3, 0.4) is 0 Å². The van der Waals surface area contributed by atoms with Crippen molar-refractivity contribution in [1.29, 1.82) is 0 Å². The molecule has 0 rings (SSSR count). The maximum Gasteiger partial charge on any atom is 0.191 e. The number of hydrogen-bond acceptors (Lipinski definition) is 1. The highest BCUT2D eigenvalue weighted by atomic mass is 28.4. The standard InChI is InChI=1S/C15H34OSi/c1-5-8-9-10-11-12-13-14-15-17(6-2,7-3)16-4/h5-15H2,1-4H3. The topological polar surface area (TPSA) is 9.23 Å². The van der Waals surface area contributed by atoms with Gasteiger partial charge in [0.1, 0.15) is 0 Å². The van der Waals surface area contributed by atoms with Crippen LogP contribution < -0.4 is 0 Å². The van der Waals surface area contributed by atoms with E-state index in [0.29, 0.717) is 0 Å². The normalized spacial score (nSPS) is 12.0. The van der Waals surface area contributed by atoms with Crippen molar-refractivity contribution in [3.8, 4) is 0 Å². The van der Waals surface area contributed by atoms with Gasteiger partial charge in [-0.05, 0) is 18.1 Å². The van der Waals surface area contributed by atoms with Gasteiger partial charge in [-0.15, -0.1) is 0 Å². The van der Waals surface area contributed by atoms with Gasteiger partial charge in [-0.2, -0.15) is 0 Å². The molecule has 0 saturated heterocycles. The molecule has 0 aromatic rings. The van der Waals surface area contributed by atoms with Gasteiger partial charge in [0.05, 0.1) is 0 Å². The quantitative estimate of drug-likeness (QED) is 0.319. The lowest BCUT2D eigenvalue weighted by molar-refractivity contribution is 0.388. The van der Waals surface area contributed by atoms with Crippen LogP contribution in [0, 0.1) is 0 Å². The Kier molecular flexibility index (Phi) is 11.4. The summed E-state index contributed by atoms with van der Waals surface area (Å²) in [5.41, 5.74) is 0. The number of hydrogen-bond donors (Lipinski definition) is 0. The lowest BCUT2D eigenvalue weighted by Crippen LogP contribution is -2.34. The molecular weight excluding hydrogens is 224 g/mol. The monoisotopic (exact) mass is 258 g/mol. The Bertz CT molecular complexity index is 147. The second kappa shape index (κ2) is 11.3. The summed E-state index contributed by atoms with van der Waals surface area (Å²) in [7, 11) is 0.636. The van der Waals surface area contributed by atoms with Crippen molar-refractivity contribution in [2.75, 3.05) is 7.11 Å². The van der Waals surface area contributed by atoms with E-state index < -0.39 is 8.32 Å². The summed E-state index contributed by atoms with van der Waals surface area (Å²) in [4.78, 5) is 0. The van der Waals surface area contributed by atoms with Crippen LogP contribution in [0.15, 0.2) is 0 Å². The molecule has 0 aliphatic heterocycles. The van der Waals surface area contributed by atoms with Gasteiger partial charge >= 0.3 is 0 Å². The van der Waals surface area contributed by atoms with E-state index in [2.05, 4.69) is 20.8 Å². The minimum Gasteiger partial charge on any atom is -0.420 e. The van der Waals surface area contributed by atoms with Gasteiger partial charge in [0.15, 0.2) is 8.32 Å². The Hall–Kier alpha value is 0.177. The first-order valence-corrected chi connectivity index (χ1v) is 10.3. The molecule has 17 heavy (non-hydrogen) atoms. The summed E-state index contributed by atoms with van der Waals surface area (Å²) >= 11 is 0. The molecule has 0 amide bonds. The predicted octanol–water partition coefficient (Wildman–Crippen LogP) is 5.76. The summed E-state index contributed by atoms with van der Waals surface area (Å²) in [6.45, 7) is 6.90. The minimum absolute atomic E-state index is 1.29. The lowest BCUT2D eigenvalue weighted by Gasteiger charge is -2.27. The van der Waals surface area contributed by atoms with Crippen molar-refractivity contribution in [1.82, 2.24) is 0 Å². The molecule has 0 aromatic carbocycles. The van der Waals surface area contributed by atoms with Crippen molar-refractivity contribution >= 4 is 8.32 Å². The minimum atomic E-state index is -1.30. The van der Waals surface area contributed by atoms with Crippen LogP contribution >= 0.6 is 0 Å². The van der Waals surface area contributed by atoms with E-state index in [9.17, 15) is 0 Å². The number of unbranched alkanes of at least 4 members (excludes halogenated alkanes) is 7. The van der Waals surface area contributed by atoms with Crippen LogP contribution in [0.25, 0.3) is 0 Å². The van der Waals surface area contributed by atoms with Gasteiger partial charge < -0.3 is 4.43 Å². The van der Waals surface area contributed by atoms with Crippen molar-refractivity contribution in [2.45, 2.75) is 90.3 Å². The fourth-order valence-corrected chi connectivity index (χ4v) is 5.46. The van der Waals surface area contributed by atoms with Gasteiger partial charge in [-0.25, -0.2) is 0 Å². The predicted molar refractivity (Wildman–Crippen MR) is 81.1 cm³/mol. The lowest BCUT2D eigenvalue weighted by atomic mass is 10.1. The van der Waals surface area contributed by atoms with Crippen LogP contribution in [-0.4, -0.2) is 15.4 Å². The molecule has 0 heterocycles. The van der Waals surface area contributed by atoms with E-state index >= 15 is 0 Å². The van der Waals surface area contributed by atoms with E-state index in [1.54, 1.807) is 0 Å². The number of rotatable bonds is 12. The van der Waals surface area contributed by atoms with E-state index in [-0.39, 0.29) is 0 Å². The summed E-state index contributed by atoms with van der Waals surface area (Å²) in [5.74, 6) is 0. The van der Waals surface area contributed by atoms with E-state index in [1.807, 2.05) is 7.11 Å². The Morgan fingerprint density at radius 1 is 0.706 bits per heavy atom. The average Bonchev–Trinajstić information content (AvgIpc) is 2.38. The van der Waals surface area contributed by atoms with Gasteiger partial charge in [-0.3, -0.25) is 0 Å². The maximum atomic E-state index is 5.83. The van der Waals surface area contributed by atoms with Crippen LogP contribution in [-0.2, 0) is 4.43 Å². The van der Waals surface area contributed by atoms with Crippen LogP contribution in [0.1, 0.15) is 72.1 Å². The van der Waals surface area contributed by atoms with Crippen molar-refractivity contribution in [2.24, 2.45) is 0 Å². The van der Waals surface area contributed by atoms with Gasteiger partial charge in [0, 0.05) is 7.11 Å². The highest BCUT2D eigenvalue weighted by Crippen LogP contribution is 2.24. The molecule has 0 unspecified atom stereocenters. The maximum absolute atomic E-state index is 5.83. The third kappa shape index (κ3) is 7.99. The zero-order valence-electron chi connectivity index (χ0n) is 12.7. The zero-order valence-corrected chi connectivity index (χ0v) is 13.7. The molecule has 0 saturated carbocycles. The fourth-order valence-electron chi connectivity index (χ4n) is 2.58. The summed E-state index contributed by atoms with van der Waals surface area (Å²) < 4.78 is 5.83. The first-order chi connectivity index (χ1) is 8.24. The highest BCUT2D eigenvalue weighted by molar-refractivity contribution is 6.73. The van der Waals surface area contributed by atoms with Gasteiger partial charge in [0.2, 0.25) is 0 Å². The average molecular weight is 259 g/mol. The second-order valence-corrected chi connectivity index (χ2v) is 10.0. The molecule has 104 valence electrons. The molecule has 0 fully saturated rings. The Balaban J connectivity index is 3.43. The molecule has 0 bridgehead atoms. The SMILES string of the molecule is CCCCCCCCCC[Si](CC)(CC)OC. The third-order valence-corrected chi connectivity index (χ3v) is 8.92. The smallest absolute Gasteiger partial charge is 0.191 e. The molecule has 0 radical (unpaired) electrons. The molecule has 0 aromatic heterocycles. The van der Waals surface area contributed by atoms with E-state index in [0.717, 1.165) is 0 Å². The largest absolute Gasteiger partial charge is 0.420 e. The first kappa shape index (κ1) is 17.2.